The van der Waals surface area contributed by atoms with E-state index in [0.29, 0.717) is 38.2 Å². The zero-order valence-electron chi connectivity index (χ0n) is 15.2. The second kappa shape index (κ2) is 8.45. The summed E-state index contributed by atoms with van der Waals surface area (Å²) in [7, 11) is 1.85. The Balaban J connectivity index is 1.51. The van der Waals surface area contributed by atoms with Crippen molar-refractivity contribution in [2.75, 3.05) is 26.4 Å². The molecular formula is C20H24N2O3S. The molecule has 26 heavy (non-hydrogen) atoms. The van der Waals surface area contributed by atoms with E-state index >= 15 is 0 Å². The molecular weight excluding hydrogens is 348 g/mol. The molecule has 2 aromatic rings. The molecule has 0 unspecified atom stereocenters. The van der Waals surface area contributed by atoms with Crippen molar-refractivity contribution in [3.05, 3.63) is 54.0 Å². The highest BCUT2D eigenvalue weighted by molar-refractivity contribution is 7.98. The van der Waals surface area contributed by atoms with Crippen LogP contribution in [0, 0.1) is 5.92 Å². The number of furan rings is 1. The fraction of sp³-hybridized carbons (Fsp3) is 0.400. The van der Waals surface area contributed by atoms with Gasteiger partial charge in [-0.25, -0.2) is 0 Å². The molecule has 0 atom stereocenters. The minimum Gasteiger partial charge on any atom is -0.459 e. The standard InChI is InChI=1S/C20H24N2O3S/c1-21(14-15-5-7-17(26-2)8-6-15)19(23)16-9-11-22(12-10-16)20(24)18-4-3-13-25-18/h3-8,13,16H,9-12,14H2,1-2H3. The van der Waals surface area contributed by atoms with Crippen LogP contribution in [-0.2, 0) is 11.3 Å². The van der Waals surface area contributed by atoms with E-state index in [2.05, 4.69) is 24.3 Å². The number of amides is 2. The lowest BCUT2D eigenvalue weighted by Crippen LogP contribution is -2.43. The first-order valence-electron chi connectivity index (χ1n) is 8.79. The van der Waals surface area contributed by atoms with E-state index in [0.717, 1.165) is 5.56 Å². The fourth-order valence-corrected chi connectivity index (χ4v) is 3.69. The molecule has 0 saturated carbocycles. The van der Waals surface area contributed by atoms with Crippen LogP contribution in [0.25, 0.3) is 0 Å². The summed E-state index contributed by atoms with van der Waals surface area (Å²) in [5.41, 5.74) is 1.13. The van der Waals surface area contributed by atoms with E-state index < -0.39 is 0 Å². The SMILES string of the molecule is CSc1ccc(CN(C)C(=O)C2CCN(C(=O)c3ccco3)CC2)cc1. The number of hydrogen-bond donors (Lipinski definition) is 0. The second-order valence-electron chi connectivity index (χ2n) is 6.59. The summed E-state index contributed by atoms with van der Waals surface area (Å²) >= 11 is 1.71. The molecule has 6 heteroatoms. The summed E-state index contributed by atoms with van der Waals surface area (Å²) in [6.45, 7) is 1.79. The monoisotopic (exact) mass is 372 g/mol. The maximum absolute atomic E-state index is 12.7. The van der Waals surface area contributed by atoms with E-state index in [1.165, 1.54) is 11.2 Å². The van der Waals surface area contributed by atoms with Gasteiger partial charge in [-0.1, -0.05) is 12.1 Å². The lowest BCUT2D eigenvalue weighted by atomic mass is 9.95. The zero-order chi connectivity index (χ0) is 18.5. The molecule has 3 rings (SSSR count). The summed E-state index contributed by atoms with van der Waals surface area (Å²) in [6.07, 6.45) is 4.94. The van der Waals surface area contributed by atoms with Crippen LogP contribution in [-0.4, -0.2) is 48.0 Å². The quantitative estimate of drug-likeness (QED) is 0.754. The molecule has 1 aliphatic heterocycles. The molecule has 5 nitrogen and oxygen atoms in total. The van der Waals surface area contributed by atoms with Gasteiger partial charge in [0.05, 0.1) is 6.26 Å². The molecule has 0 spiro atoms. The smallest absolute Gasteiger partial charge is 0.289 e. The van der Waals surface area contributed by atoms with Crippen LogP contribution in [0.1, 0.15) is 29.0 Å². The number of thioether (sulfide) groups is 1. The highest BCUT2D eigenvalue weighted by atomic mass is 32.2. The molecule has 1 aromatic heterocycles. The van der Waals surface area contributed by atoms with Crippen molar-refractivity contribution in [3.8, 4) is 0 Å². The fourth-order valence-electron chi connectivity index (χ4n) is 3.28. The molecule has 138 valence electrons. The normalized spacial score (nSPS) is 15.1. The highest BCUT2D eigenvalue weighted by Crippen LogP contribution is 2.22. The number of carbonyl (C=O) groups excluding carboxylic acids is 2. The third-order valence-electron chi connectivity index (χ3n) is 4.82. The van der Waals surface area contributed by atoms with E-state index in [9.17, 15) is 9.59 Å². The van der Waals surface area contributed by atoms with Crippen LogP contribution >= 0.6 is 11.8 Å². The molecule has 2 heterocycles. The van der Waals surface area contributed by atoms with Crippen molar-refractivity contribution in [1.82, 2.24) is 9.80 Å². The predicted molar refractivity (Wildman–Crippen MR) is 102 cm³/mol. The summed E-state index contributed by atoms with van der Waals surface area (Å²) in [5.74, 6) is 0.402. The van der Waals surface area contributed by atoms with Crippen molar-refractivity contribution in [3.63, 3.8) is 0 Å². The lowest BCUT2D eigenvalue weighted by Gasteiger charge is -2.32. The Morgan fingerprint density at radius 1 is 1.19 bits per heavy atom. The number of rotatable bonds is 5. The van der Waals surface area contributed by atoms with Gasteiger partial charge in [-0.2, -0.15) is 0 Å². The molecule has 1 aromatic carbocycles. The molecule has 0 bridgehead atoms. The molecule has 0 N–H and O–H groups in total. The summed E-state index contributed by atoms with van der Waals surface area (Å²) in [5, 5.41) is 0. The summed E-state index contributed by atoms with van der Waals surface area (Å²) in [4.78, 5) is 29.8. The van der Waals surface area contributed by atoms with Crippen molar-refractivity contribution in [2.45, 2.75) is 24.3 Å². The molecule has 0 aliphatic carbocycles. The van der Waals surface area contributed by atoms with E-state index in [1.807, 2.05) is 13.3 Å². The average Bonchev–Trinajstić information content (AvgIpc) is 3.22. The van der Waals surface area contributed by atoms with E-state index in [4.69, 9.17) is 4.42 Å². The van der Waals surface area contributed by atoms with Gasteiger partial charge in [0, 0.05) is 37.5 Å². The lowest BCUT2D eigenvalue weighted by molar-refractivity contribution is -0.136. The first-order valence-corrected chi connectivity index (χ1v) is 10.0. The van der Waals surface area contributed by atoms with Crippen molar-refractivity contribution >= 4 is 23.6 Å². The van der Waals surface area contributed by atoms with Crippen LogP contribution in [0.2, 0.25) is 0 Å². The number of likely N-dealkylation sites (tertiary alicyclic amines) is 1. The molecule has 2 amide bonds. The number of nitrogens with zero attached hydrogens (tertiary/aromatic N) is 2. The van der Waals surface area contributed by atoms with Gasteiger partial charge >= 0.3 is 0 Å². The van der Waals surface area contributed by atoms with E-state index in [-0.39, 0.29) is 17.7 Å². The Bertz CT molecular complexity index is 735. The van der Waals surface area contributed by atoms with Gasteiger partial charge in [0.15, 0.2) is 5.76 Å². The van der Waals surface area contributed by atoms with Crippen molar-refractivity contribution < 1.29 is 14.0 Å². The first kappa shape index (κ1) is 18.6. The molecule has 1 saturated heterocycles. The number of carbonyl (C=O) groups is 2. The Morgan fingerprint density at radius 3 is 2.46 bits per heavy atom. The Kier molecular flexibility index (Phi) is 6.04. The number of piperidine rings is 1. The number of benzene rings is 1. The van der Waals surface area contributed by atoms with Gasteiger partial charge in [-0.05, 0) is 48.9 Å². The Morgan fingerprint density at radius 2 is 1.88 bits per heavy atom. The van der Waals surface area contributed by atoms with Crippen LogP contribution in [0.3, 0.4) is 0 Å². The van der Waals surface area contributed by atoms with Gasteiger partial charge in [-0.15, -0.1) is 11.8 Å². The van der Waals surface area contributed by atoms with Gasteiger partial charge in [0.1, 0.15) is 0 Å². The van der Waals surface area contributed by atoms with Gasteiger partial charge in [-0.3, -0.25) is 9.59 Å². The topological polar surface area (TPSA) is 53.8 Å². The summed E-state index contributed by atoms with van der Waals surface area (Å²) in [6, 6.07) is 11.7. The third-order valence-corrected chi connectivity index (χ3v) is 5.56. The average molecular weight is 372 g/mol. The maximum atomic E-state index is 12.7. The largest absolute Gasteiger partial charge is 0.459 e. The first-order chi connectivity index (χ1) is 12.6. The van der Waals surface area contributed by atoms with Crippen LogP contribution < -0.4 is 0 Å². The maximum Gasteiger partial charge on any atom is 0.289 e. The number of hydrogen-bond acceptors (Lipinski definition) is 4. The Hall–Kier alpha value is -2.21. The van der Waals surface area contributed by atoms with Crippen LogP contribution in [0.15, 0.2) is 52.0 Å². The minimum absolute atomic E-state index is 0.0221. The summed E-state index contributed by atoms with van der Waals surface area (Å²) < 4.78 is 5.18. The van der Waals surface area contributed by atoms with Gasteiger partial charge in [0.2, 0.25) is 5.91 Å². The Labute approximate surface area is 158 Å². The molecule has 1 aliphatic rings. The second-order valence-corrected chi connectivity index (χ2v) is 7.47. The van der Waals surface area contributed by atoms with Crippen molar-refractivity contribution in [1.29, 1.82) is 0 Å². The minimum atomic E-state index is -0.0943. The predicted octanol–water partition coefficient (Wildman–Crippen LogP) is 3.51. The molecule has 0 radical (unpaired) electrons. The molecule has 1 fully saturated rings. The van der Waals surface area contributed by atoms with Crippen LogP contribution in [0.4, 0.5) is 0 Å². The van der Waals surface area contributed by atoms with Crippen LogP contribution in [0.5, 0.6) is 0 Å². The van der Waals surface area contributed by atoms with Crippen molar-refractivity contribution in [2.24, 2.45) is 5.92 Å². The third kappa shape index (κ3) is 4.30. The highest BCUT2D eigenvalue weighted by Gasteiger charge is 2.30. The van der Waals surface area contributed by atoms with Gasteiger partial charge in [0.25, 0.3) is 5.91 Å². The van der Waals surface area contributed by atoms with E-state index in [1.54, 1.807) is 33.7 Å². The van der Waals surface area contributed by atoms with Gasteiger partial charge < -0.3 is 14.2 Å². The zero-order valence-corrected chi connectivity index (χ0v) is 16.0.